The van der Waals surface area contributed by atoms with Crippen LogP contribution in [0.5, 0.6) is 0 Å². The van der Waals surface area contributed by atoms with Gasteiger partial charge in [-0.25, -0.2) is 0 Å². The summed E-state index contributed by atoms with van der Waals surface area (Å²) in [6, 6.07) is 8.38. The second kappa shape index (κ2) is 6.63. The normalized spacial score (nSPS) is 16.1. The largest absolute Gasteiger partial charge is 0.370 e. The van der Waals surface area contributed by atoms with E-state index in [1.165, 1.54) is 0 Å². The first-order chi connectivity index (χ1) is 9.30. The first kappa shape index (κ1) is 14.0. The molecule has 0 radical (unpaired) electrons. The number of aldehydes is 1. The van der Waals surface area contributed by atoms with Crippen LogP contribution in [0, 0.1) is 17.2 Å². The Morgan fingerprint density at radius 3 is 2.79 bits per heavy atom. The van der Waals surface area contributed by atoms with Gasteiger partial charge >= 0.3 is 0 Å². The molecular formula is C15H18N2OS. The quantitative estimate of drug-likeness (QED) is 0.625. The van der Waals surface area contributed by atoms with Crippen molar-refractivity contribution in [2.75, 3.05) is 23.7 Å². The van der Waals surface area contributed by atoms with Gasteiger partial charge in [0.15, 0.2) is 0 Å². The van der Waals surface area contributed by atoms with Crippen LogP contribution < -0.4 is 4.90 Å². The third kappa shape index (κ3) is 3.10. The van der Waals surface area contributed by atoms with Crippen LogP contribution in [0.4, 0.5) is 5.69 Å². The molecule has 1 aliphatic heterocycles. The van der Waals surface area contributed by atoms with Gasteiger partial charge in [0.05, 0.1) is 11.3 Å². The summed E-state index contributed by atoms with van der Waals surface area (Å²) in [4.78, 5) is 14.1. The minimum atomic E-state index is 0.190. The Kier molecular flexibility index (Phi) is 4.86. The van der Waals surface area contributed by atoms with Crippen molar-refractivity contribution < 1.29 is 4.79 Å². The van der Waals surface area contributed by atoms with E-state index < -0.39 is 0 Å². The van der Waals surface area contributed by atoms with Crippen molar-refractivity contribution in [1.82, 2.24) is 0 Å². The third-order valence-electron chi connectivity index (χ3n) is 3.49. The molecule has 4 heteroatoms. The number of nitriles is 1. The average Bonchev–Trinajstić information content (AvgIpc) is 2.47. The molecule has 0 saturated carbocycles. The molecule has 0 bridgehead atoms. The van der Waals surface area contributed by atoms with Crippen LogP contribution in [-0.2, 0) is 4.79 Å². The Morgan fingerprint density at radius 1 is 1.47 bits per heavy atom. The summed E-state index contributed by atoms with van der Waals surface area (Å²) in [7, 11) is 0. The van der Waals surface area contributed by atoms with E-state index in [1.54, 1.807) is 11.8 Å². The molecule has 1 aromatic rings. The third-order valence-corrected chi connectivity index (χ3v) is 4.43. The van der Waals surface area contributed by atoms with Crippen LogP contribution in [0.15, 0.2) is 23.1 Å². The SMILES string of the molecule is CCSc1cccc(N2CCC(C=O)CC2)c1C#N. The molecule has 1 heterocycles. The first-order valence-electron chi connectivity index (χ1n) is 6.66. The van der Waals surface area contributed by atoms with Crippen LogP contribution >= 0.6 is 11.8 Å². The van der Waals surface area contributed by atoms with E-state index in [1.807, 2.05) is 18.2 Å². The zero-order chi connectivity index (χ0) is 13.7. The van der Waals surface area contributed by atoms with Crippen molar-refractivity contribution in [1.29, 1.82) is 5.26 Å². The van der Waals surface area contributed by atoms with Crippen molar-refractivity contribution in [3.05, 3.63) is 23.8 Å². The lowest BCUT2D eigenvalue weighted by atomic mass is 9.97. The van der Waals surface area contributed by atoms with Gasteiger partial charge in [-0.3, -0.25) is 0 Å². The van der Waals surface area contributed by atoms with Gasteiger partial charge < -0.3 is 9.69 Å². The van der Waals surface area contributed by atoms with Crippen molar-refractivity contribution in [3.63, 3.8) is 0 Å². The molecule has 2 rings (SSSR count). The fourth-order valence-corrected chi connectivity index (χ4v) is 3.23. The highest BCUT2D eigenvalue weighted by Gasteiger charge is 2.21. The zero-order valence-corrected chi connectivity index (χ0v) is 11.9. The van der Waals surface area contributed by atoms with E-state index in [9.17, 15) is 10.1 Å². The van der Waals surface area contributed by atoms with E-state index in [-0.39, 0.29) is 5.92 Å². The number of rotatable bonds is 4. The number of hydrogen-bond donors (Lipinski definition) is 0. The molecule has 1 aliphatic rings. The maximum Gasteiger partial charge on any atom is 0.123 e. The van der Waals surface area contributed by atoms with Gasteiger partial charge in [0, 0.05) is 23.9 Å². The minimum absolute atomic E-state index is 0.190. The van der Waals surface area contributed by atoms with Gasteiger partial charge in [-0.15, -0.1) is 11.8 Å². The summed E-state index contributed by atoms with van der Waals surface area (Å²) < 4.78 is 0. The van der Waals surface area contributed by atoms with Crippen molar-refractivity contribution in [2.45, 2.75) is 24.7 Å². The number of carbonyl (C=O) groups is 1. The summed E-state index contributed by atoms with van der Waals surface area (Å²) in [5, 5.41) is 9.41. The summed E-state index contributed by atoms with van der Waals surface area (Å²) in [5.41, 5.74) is 1.80. The molecule has 0 aliphatic carbocycles. The molecule has 1 fully saturated rings. The summed E-state index contributed by atoms with van der Waals surface area (Å²) in [6.45, 7) is 3.81. The molecule has 100 valence electrons. The molecule has 19 heavy (non-hydrogen) atoms. The van der Waals surface area contributed by atoms with Gasteiger partial charge in [-0.05, 0) is 30.7 Å². The van der Waals surface area contributed by atoms with E-state index in [4.69, 9.17) is 0 Å². The van der Waals surface area contributed by atoms with Gasteiger partial charge in [-0.2, -0.15) is 5.26 Å². The number of piperidine rings is 1. The molecule has 0 amide bonds. The highest BCUT2D eigenvalue weighted by molar-refractivity contribution is 7.99. The second-order valence-electron chi connectivity index (χ2n) is 4.66. The summed E-state index contributed by atoms with van der Waals surface area (Å²) in [6.07, 6.45) is 2.84. The maximum atomic E-state index is 10.8. The van der Waals surface area contributed by atoms with Crippen molar-refractivity contribution in [2.24, 2.45) is 5.92 Å². The van der Waals surface area contributed by atoms with Crippen LogP contribution in [0.3, 0.4) is 0 Å². The number of thioether (sulfide) groups is 1. The lowest BCUT2D eigenvalue weighted by Crippen LogP contribution is -2.34. The summed E-state index contributed by atoms with van der Waals surface area (Å²) in [5.74, 6) is 1.15. The molecule has 1 saturated heterocycles. The molecule has 0 N–H and O–H groups in total. The Bertz CT molecular complexity index is 487. The van der Waals surface area contributed by atoms with Crippen LogP contribution in [0.2, 0.25) is 0 Å². The predicted molar refractivity (Wildman–Crippen MR) is 78.6 cm³/mol. The van der Waals surface area contributed by atoms with E-state index in [0.29, 0.717) is 0 Å². The molecular weight excluding hydrogens is 256 g/mol. The predicted octanol–water partition coefficient (Wildman–Crippen LogP) is 3.09. The van der Waals surface area contributed by atoms with Crippen molar-refractivity contribution in [3.8, 4) is 6.07 Å². The van der Waals surface area contributed by atoms with Gasteiger partial charge in [0.2, 0.25) is 0 Å². The molecule has 0 atom stereocenters. The fraction of sp³-hybridized carbons (Fsp3) is 0.467. The Labute approximate surface area is 118 Å². The number of nitrogens with zero attached hydrogens (tertiary/aromatic N) is 2. The van der Waals surface area contributed by atoms with Crippen LogP contribution in [-0.4, -0.2) is 25.1 Å². The monoisotopic (exact) mass is 274 g/mol. The average molecular weight is 274 g/mol. The lowest BCUT2D eigenvalue weighted by Gasteiger charge is -2.32. The minimum Gasteiger partial charge on any atom is -0.370 e. The highest BCUT2D eigenvalue weighted by atomic mass is 32.2. The molecule has 0 unspecified atom stereocenters. The molecule has 0 aromatic heterocycles. The standard InChI is InChI=1S/C15H18N2OS/c1-2-19-15-5-3-4-14(13(15)10-16)17-8-6-12(11-18)7-9-17/h3-5,11-12H,2,6-9H2,1H3. The fourth-order valence-electron chi connectivity index (χ4n) is 2.45. The zero-order valence-electron chi connectivity index (χ0n) is 11.1. The number of carbonyl (C=O) groups excluding carboxylic acids is 1. The number of anilines is 1. The Balaban J connectivity index is 2.23. The topological polar surface area (TPSA) is 44.1 Å². The highest BCUT2D eigenvalue weighted by Crippen LogP contribution is 2.32. The van der Waals surface area contributed by atoms with Crippen LogP contribution in [0.25, 0.3) is 0 Å². The summed E-state index contributed by atoms with van der Waals surface area (Å²) >= 11 is 1.70. The van der Waals surface area contributed by atoms with Crippen LogP contribution in [0.1, 0.15) is 25.3 Å². The smallest absolute Gasteiger partial charge is 0.123 e. The molecule has 1 aromatic carbocycles. The molecule has 3 nitrogen and oxygen atoms in total. The maximum absolute atomic E-state index is 10.8. The van der Waals surface area contributed by atoms with E-state index in [0.717, 1.165) is 54.1 Å². The van der Waals surface area contributed by atoms with Gasteiger partial charge in [-0.1, -0.05) is 13.0 Å². The van der Waals surface area contributed by atoms with E-state index >= 15 is 0 Å². The Hall–Kier alpha value is -1.47. The molecule has 0 spiro atoms. The van der Waals surface area contributed by atoms with Gasteiger partial charge in [0.1, 0.15) is 12.4 Å². The van der Waals surface area contributed by atoms with Gasteiger partial charge in [0.25, 0.3) is 0 Å². The van der Waals surface area contributed by atoms with Crippen molar-refractivity contribution >= 4 is 23.7 Å². The number of hydrogen-bond acceptors (Lipinski definition) is 4. The number of benzene rings is 1. The Morgan fingerprint density at radius 2 is 2.21 bits per heavy atom. The lowest BCUT2D eigenvalue weighted by molar-refractivity contribution is -0.111. The first-order valence-corrected chi connectivity index (χ1v) is 7.64. The second-order valence-corrected chi connectivity index (χ2v) is 5.96. The van der Waals surface area contributed by atoms with E-state index in [2.05, 4.69) is 17.9 Å².